The quantitative estimate of drug-likeness (QED) is 0.384. The maximum atomic E-state index is 14.6. The first-order chi connectivity index (χ1) is 15.1. The van der Waals surface area contributed by atoms with Crippen LogP contribution in [0.25, 0.3) is 0 Å². The lowest BCUT2D eigenvalue weighted by molar-refractivity contribution is -0.159. The molecule has 2 rings (SSSR count). The van der Waals surface area contributed by atoms with Crippen LogP contribution in [0.3, 0.4) is 0 Å². The summed E-state index contributed by atoms with van der Waals surface area (Å²) in [5.41, 5.74) is 0. The standard InChI is InChI=1S/C25H32FNO4S/c1-6-30-24(29)23(28)27(5)19-20(26)17-18-31-32(25(2,3)4,21-13-9-7-10-14-21)22-15-11-8-12-16-22/h7-17H,6,18-19H2,1-5H3/b20-17+. The van der Waals surface area contributed by atoms with Crippen LogP contribution < -0.4 is 0 Å². The van der Waals surface area contributed by atoms with Crippen LogP contribution in [-0.2, 0) is 18.5 Å². The third kappa shape index (κ3) is 5.99. The molecule has 2 aromatic carbocycles. The number of carbonyl (C=O) groups excluding carboxylic acids is 2. The van der Waals surface area contributed by atoms with E-state index < -0.39 is 28.0 Å². The molecule has 0 saturated carbocycles. The Bertz CT molecular complexity index is 886. The predicted molar refractivity (Wildman–Crippen MR) is 126 cm³/mol. The molecule has 0 heterocycles. The van der Waals surface area contributed by atoms with E-state index in [1.807, 2.05) is 60.7 Å². The number of hydrogen-bond donors (Lipinski definition) is 0. The van der Waals surface area contributed by atoms with Gasteiger partial charge >= 0.3 is 11.9 Å². The molecule has 0 aliphatic rings. The van der Waals surface area contributed by atoms with E-state index in [9.17, 15) is 14.0 Å². The van der Waals surface area contributed by atoms with Gasteiger partial charge in [0.25, 0.3) is 0 Å². The van der Waals surface area contributed by atoms with Crippen molar-refractivity contribution in [3.8, 4) is 0 Å². The van der Waals surface area contributed by atoms with Gasteiger partial charge in [-0.05, 0) is 58.0 Å². The van der Waals surface area contributed by atoms with Gasteiger partial charge in [-0.25, -0.2) is 9.18 Å². The first-order valence-electron chi connectivity index (χ1n) is 10.5. The number of likely N-dealkylation sites (N-methyl/N-ethyl adjacent to an activating group) is 1. The molecule has 0 fully saturated rings. The average Bonchev–Trinajstić information content (AvgIpc) is 2.76. The molecule has 1 amide bonds. The Morgan fingerprint density at radius 1 is 1.00 bits per heavy atom. The van der Waals surface area contributed by atoms with E-state index in [1.165, 1.54) is 13.1 Å². The molecule has 0 spiro atoms. The van der Waals surface area contributed by atoms with Gasteiger partial charge in [-0.3, -0.25) is 4.79 Å². The van der Waals surface area contributed by atoms with Gasteiger partial charge in [0.05, 0.1) is 19.8 Å². The number of rotatable bonds is 8. The number of esters is 1. The fourth-order valence-corrected chi connectivity index (χ4v) is 6.98. The summed E-state index contributed by atoms with van der Waals surface area (Å²) in [5, 5.41) is 0. The van der Waals surface area contributed by atoms with Crippen LogP contribution in [0.4, 0.5) is 4.39 Å². The van der Waals surface area contributed by atoms with Gasteiger partial charge in [-0.15, -0.1) is 0 Å². The van der Waals surface area contributed by atoms with Gasteiger partial charge < -0.3 is 13.8 Å². The molecule has 7 heteroatoms. The second kappa shape index (κ2) is 11.3. The topological polar surface area (TPSA) is 55.8 Å². The summed E-state index contributed by atoms with van der Waals surface area (Å²) in [5.74, 6) is -2.45. The Morgan fingerprint density at radius 2 is 1.50 bits per heavy atom. The first kappa shape index (κ1) is 25.6. The van der Waals surface area contributed by atoms with E-state index in [2.05, 4.69) is 25.5 Å². The summed E-state index contributed by atoms with van der Waals surface area (Å²) in [4.78, 5) is 26.6. The summed E-state index contributed by atoms with van der Waals surface area (Å²) in [6.07, 6.45) is 1.31. The number of carbonyl (C=O) groups is 2. The Morgan fingerprint density at radius 3 is 1.94 bits per heavy atom. The van der Waals surface area contributed by atoms with Gasteiger partial charge in [0, 0.05) is 21.6 Å². The third-order valence-corrected chi connectivity index (χ3v) is 8.83. The van der Waals surface area contributed by atoms with E-state index >= 15 is 0 Å². The van der Waals surface area contributed by atoms with Crippen LogP contribution in [0.5, 0.6) is 0 Å². The highest BCUT2D eigenvalue weighted by Gasteiger charge is 2.41. The number of nitrogens with zero attached hydrogens (tertiary/aromatic N) is 1. The monoisotopic (exact) mass is 461 g/mol. The third-order valence-electron chi connectivity index (χ3n) is 4.75. The van der Waals surface area contributed by atoms with Crippen molar-refractivity contribution in [2.45, 2.75) is 42.2 Å². The van der Waals surface area contributed by atoms with Crippen molar-refractivity contribution in [1.29, 1.82) is 0 Å². The first-order valence-corrected chi connectivity index (χ1v) is 12.0. The second-order valence-electron chi connectivity index (χ2n) is 8.11. The van der Waals surface area contributed by atoms with Crippen LogP contribution in [-0.4, -0.2) is 48.3 Å². The maximum absolute atomic E-state index is 14.6. The minimum Gasteiger partial charge on any atom is -0.459 e. The number of halogens is 1. The van der Waals surface area contributed by atoms with Crippen molar-refractivity contribution in [2.24, 2.45) is 0 Å². The molecular formula is C25H32FNO4S. The summed E-state index contributed by atoms with van der Waals surface area (Å²) < 4.78 is 25.5. The van der Waals surface area contributed by atoms with Crippen molar-refractivity contribution in [1.82, 2.24) is 4.90 Å². The summed E-state index contributed by atoms with van der Waals surface area (Å²) in [6, 6.07) is 20.0. The number of hydrogen-bond acceptors (Lipinski definition) is 4. The van der Waals surface area contributed by atoms with Crippen molar-refractivity contribution in [3.63, 3.8) is 0 Å². The van der Waals surface area contributed by atoms with E-state index in [-0.39, 0.29) is 24.5 Å². The fraction of sp³-hybridized carbons (Fsp3) is 0.360. The normalized spacial score (nSPS) is 12.9. The summed E-state index contributed by atoms with van der Waals surface area (Å²) in [6.45, 7) is 7.73. The average molecular weight is 462 g/mol. The smallest absolute Gasteiger partial charge is 0.397 e. The highest BCUT2D eigenvalue weighted by atomic mass is 32.3. The molecule has 0 unspecified atom stereocenters. The molecule has 0 saturated heterocycles. The van der Waals surface area contributed by atoms with E-state index in [1.54, 1.807) is 6.92 Å². The Hall–Kier alpha value is -2.64. The SMILES string of the molecule is CCOC(=O)C(=O)N(C)C/C(F)=C\COS(c1ccccc1)(c1ccccc1)C(C)(C)C. The minimum absolute atomic E-state index is 0.0175. The van der Waals surface area contributed by atoms with Crippen molar-refractivity contribution in [2.75, 3.05) is 26.8 Å². The van der Waals surface area contributed by atoms with E-state index in [4.69, 9.17) is 4.18 Å². The zero-order valence-corrected chi connectivity index (χ0v) is 20.2. The lowest BCUT2D eigenvalue weighted by atomic mass is 10.3. The molecule has 0 bridgehead atoms. The lowest BCUT2D eigenvalue weighted by Crippen LogP contribution is -2.35. The van der Waals surface area contributed by atoms with Crippen LogP contribution in [0.1, 0.15) is 27.7 Å². The molecule has 174 valence electrons. The predicted octanol–water partition coefficient (Wildman–Crippen LogP) is 5.51. The van der Waals surface area contributed by atoms with Crippen molar-refractivity contribution in [3.05, 3.63) is 72.6 Å². The Kier molecular flexibility index (Phi) is 9.04. The molecule has 0 aromatic heterocycles. The maximum Gasteiger partial charge on any atom is 0.397 e. The number of amides is 1. The number of ether oxygens (including phenoxy) is 1. The lowest BCUT2D eigenvalue weighted by Gasteiger charge is -2.50. The van der Waals surface area contributed by atoms with Crippen LogP contribution in [0, 0.1) is 0 Å². The highest BCUT2D eigenvalue weighted by molar-refractivity contribution is 8.31. The molecule has 0 aliphatic carbocycles. The van der Waals surface area contributed by atoms with E-state index in [0.29, 0.717) is 0 Å². The van der Waals surface area contributed by atoms with Crippen LogP contribution in [0.2, 0.25) is 0 Å². The molecule has 2 aromatic rings. The molecule has 5 nitrogen and oxygen atoms in total. The molecular weight excluding hydrogens is 429 g/mol. The van der Waals surface area contributed by atoms with Crippen molar-refractivity contribution < 1.29 is 22.9 Å². The van der Waals surface area contributed by atoms with Gasteiger partial charge in [0.1, 0.15) is 5.83 Å². The van der Waals surface area contributed by atoms with Gasteiger partial charge in [-0.1, -0.05) is 46.7 Å². The summed E-state index contributed by atoms with van der Waals surface area (Å²) in [7, 11) is -0.644. The van der Waals surface area contributed by atoms with Gasteiger partial charge in [-0.2, -0.15) is 0 Å². The Balaban J connectivity index is 2.28. The Labute approximate surface area is 191 Å². The van der Waals surface area contributed by atoms with E-state index in [0.717, 1.165) is 14.7 Å². The zero-order valence-electron chi connectivity index (χ0n) is 19.3. The molecule has 0 aliphatic heterocycles. The molecule has 32 heavy (non-hydrogen) atoms. The number of benzene rings is 2. The molecule has 0 N–H and O–H groups in total. The minimum atomic E-state index is -2.00. The van der Waals surface area contributed by atoms with Crippen LogP contribution >= 0.6 is 10.3 Å². The molecule has 0 atom stereocenters. The second-order valence-corrected chi connectivity index (χ2v) is 11.6. The highest BCUT2D eigenvalue weighted by Crippen LogP contribution is 2.71. The molecule has 0 radical (unpaired) electrons. The van der Waals surface area contributed by atoms with Crippen LogP contribution in [0.15, 0.2) is 82.4 Å². The largest absolute Gasteiger partial charge is 0.459 e. The van der Waals surface area contributed by atoms with Gasteiger partial charge in [0.15, 0.2) is 0 Å². The summed E-state index contributed by atoms with van der Waals surface area (Å²) >= 11 is 0. The van der Waals surface area contributed by atoms with Crippen molar-refractivity contribution >= 4 is 22.2 Å². The van der Waals surface area contributed by atoms with Gasteiger partial charge in [0.2, 0.25) is 0 Å². The fourth-order valence-electron chi connectivity index (χ4n) is 3.32. The zero-order chi connectivity index (χ0) is 23.8.